The minimum atomic E-state index is 0.965. The van der Waals surface area contributed by atoms with E-state index in [1.54, 1.807) is 0 Å². The molecule has 222 valence electrons. The first-order valence-electron chi connectivity index (χ1n) is 16.5. The van der Waals surface area contributed by atoms with E-state index < -0.39 is 0 Å². The van der Waals surface area contributed by atoms with Crippen molar-refractivity contribution in [1.29, 1.82) is 0 Å². The zero-order chi connectivity index (χ0) is 30.3. The molecule has 4 heteroatoms. The van der Waals surface area contributed by atoms with Crippen LogP contribution >= 0.6 is 0 Å². The Labute approximate surface area is 252 Å². The molecule has 3 aromatic rings. The van der Waals surface area contributed by atoms with Crippen molar-refractivity contribution in [1.82, 2.24) is 19.9 Å². The van der Waals surface area contributed by atoms with Gasteiger partial charge in [0.2, 0.25) is 0 Å². The largest absolute Gasteiger partial charge is 0.355 e. The monoisotopic (exact) mass is 562 g/mol. The van der Waals surface area contributed by atoms with Crippen molar-refractivity contribution in [3.05, 3.63) is 68.3 Å². The Hall–Kier alpha value is -3.40. The second kappa shape index (κ2) is 12.1. The van der Waals surface area contributed by atoms with Gasteiger partial charge in [-0.15, -0.1) is 0 Å². The third-order valence-electron chi connectivity index (χ3n) is 9.74. The van der Waals surface area contributed by atoms with Crippen LogP contribution in [0.3, 0.4) is 0 Å². The van der Waals surface area contributed by atoms with Crippen LogP contribution in [-0.4, -0.2) is 19.9 Å². The van der Waals surface area contributed by atoms with Gasteiger partial charge in [-0.1, -0.05) is 55.4 Å². The van der Waals surface area contributed by atoms with Crippen LogP contribution in [-0.2, 0) is 25.7 Å². The lowest BCUT2D eigenvalue weighted by atomic mass is 9.94. The van der Waals surface area contributed by atoms with Crippen LogP contribution in [0.25, 0.3) is 44.4 Å². The van der Waals surface area contributed by atoms with Crippen molar-refractivity contribution in [2.75, 3.05) is 0 Å². The molecule has 2 N–H and O–H groups in total. The van der Waals surface area contributed by atoms with Crippen molar-refractivity contribution in [3.63, 3.8) is 0 Å². The Morgan fingerprint density at radius 1 is 0.452 bits per heavy atom. The minimum Gasteiger partial charge on any atom is -0.355 e. The Bertz CT molecular complexity index is 1640. The molecule has 5 heterocycles. The molecule has 0 aromatic carbocycles. The number of hydrogen-bond donors (Lipinski definition) is 2. The zero-order valence-corrected chi connectivity index (χ0v) is 27.7. The minimum absolute atomic E-state index is 0.965. The summed E-state index contributed by atoms with van der Waals surface area (Å²) in [6.45, 7) is 22.8. The van der Waals surface area contributed by atoms with Gasteiger partial charge in [0.05, 0.1) is 22.8 Å². The highest BCUT2D eigenvalue weighted by atomic mass is 14.8. The number of allylic oxidation sites excluding steroid dienone is 4. The van der Waals surface area contributed by atoms with Crippen LogP contribution in [0.2, 0.25) is 0 Å². The molecule has 3 aromatic heterocycles. The number of aromatic amines is 2. The van der Waals surface area contributed by atoms with Crippen LogP contribution in [0.1, 0.15) is 137 Å². The molecule has 2 aliphatic rings. The van der Waals surface area contributed by atoms with Gasteiger partial charge in [-0.2, -0.15) is 0 Å². The van der Waals surface area contributed by atoms with Crippen molar-refractivity contribution >= 4 is 44.4 Å². The molecule has 0 unspecified atom stereocenters. The van der Waals surface area contributed by atoms with Crippen LogP contribution in [0.4, 0.5) is 0 Å². The fourth-order valence-electron chi connectivity index (χ4n) is 7.70. The van der Waals surface area contributed by atoms with E-state index in [4.69, 9.17) is 9.97 Å². The Morgan fingerprint density at radius 3 is 1.12 bits per heavy atom. The number of aryl methyl sites for hydroxylation is 5. The molecule has 5 rings (SSSR count). The number of rotatable bonds is 8. The maximum Gasteiger partial charge on any atom is 0.0723 e. The molecule has 0 amide bonds. The van der Waals surface area contributed by atoms with E-state index >= 15 is 0 Å². The third-order valence-corrected chi connectivity index (χ3v) is 9.74. The molecule has 0 fully saturated rings. The quantitative estimate of drug-likeness (QED) is 0.287. The lowest BCUT2D eigenvalue weighted by Gasteiger charge is -2.08. The first-order valence-corrected chi connectivity index (χ1v) is 16.5. The summed E-state index contributed by atoms with van der Waals surface area (Å²) in [5.41, 5.74) is 23.1. The Balaban J connectivity index is 2.11. The lowest BCUT2D eigenvalue weighted by Crippen LogP contribution is -1.93. The standard InChI is InChI=1S/C38H50N4/c1-11-23-27(15-5)35-21(9)36-29(17-7)25(13-3)33(41-36)20-34-26(14-4)30(18-8)38(42-34)22(10)37-28(16-6)24(12-2)32(40-37)19-31(23)39-35/h19-20,39,41H,11-18H2,1-10H3. The molecule has 4 nitrogen and oxygen atoms in total. The van der Waals surface area contributed by atoms with Gasteiger partial charge in [-0.3, -0.25) is 0 Å². The van der Waals surface area contributed by atoms with Crippen molar-refractivity contribution in [2.24, 2.45) is 0 Å². The summed E-state index contributed by atoms with van der Waals surface area (Å²) in [4.78, 5) is 18.7. The second-order valence-corrected chi connectivity index (χ2v) is 11.7. The van der Waals surface area contributed by atoms with E-state index in [0.717, 1.165) is 74.1 Å². The molecule has 0 atom stereocenters. The molecule has 0 radical (unpaired) electrons. The van der Waals surface area contributed by atoms with Gasteiger partial charge in [0.15, 0.2) is 0 Å². The average molecular weight is 563 g/mol. The summed E-state index contributed by atoms with van der Waals surface area (Å²) in [6, 6.07) is 4.67. The van der Waals surface area contributed by atoms with Gasteiger partial charge >= 0.3 is 0 Å². The van der Waals surface area contributed by atoms with Crippen molar-refractivity contribution in [2.45, 2.75) is 121 Å². The van der Waals surface area contributed by atoms with Crippen LogP contribution in [0.15, 0.2) is 12.1 Å². The Kier molecular flexibility index (Phi) is 8.64. The normalized spacial score (nSPS) is 13.6. The number of hydrogen-bond acceptors (Lipinski definition) is 2. The molecular formula is C38H50N4. The smallest absolute Gasteiger partial charge is 0.0723 e. The average Bonchev–Trinajstić information content (AvgIpc) is 3.74. The number of nitrogens with zero attached hydrogens (tertiary/aromatic N) is 2. The number of nitrogens with one attached hydrogen (secondary N) is 2. The van der Waals surface area contributed by atoms with Gasteiger partial charge in [-0.25, -0.2) is 9.97 Å². The molecule has 0 saturated heterocycles. The zero-order valence-electron chi connectivity index (χ0n) is 27.7. The van der Waals surface area contributed by atoms with Gasteiger partial charge in [0.1, 0.15) is 0 Å². The predicted molar refractivity (Wildman–Crippen MR) is 183 cm³/mol. The van der Waals surface area contributed by atoms with Crippen molar-refractivity contribution < 1.29 is 0 Å². The van der Waals surface area contributed by atoms with E-state index in [1.165, 1.54) is 77.7 Å². The van der Waals surface area contributed by atoms with Crippen LogP contribution < -0.4 is 0 Å². The lowest BCUT2D eigenvalue weighted by molar-refractivity contribution is 1.07. The third kappa shape index (κ3) is 4.58. The molecule has 0 spiro atoms. The first kappa shape index (κ1) is 30.1. The summed E-state index contributed by atoms with van der Waals surface area (Å²) in [6.07, 6.45) is 7.83. The fraction of sp³-hybridized carbons (Fsp3) is 0.474. The summed E-state index contributed by atoms with van der Waals surface area (Å²) >= 11 is 0. The van der Waals surface area contributed by atoms with E-state index in [0.29, 0.717) is 0 Å². The topological polar surface area (TPSA) is 57.4 Å². The fourth-order valence-corrected chi connectivity index (χ4v) is 7.70. The summed E-state index contributed by atoms with van der Waals surface area (Å²) in [5.74, 6) is 0. The van der Waals surface area contributed by atoms with E-state index in [1.807, 2.05) is 0 Å². The summed E-state index contributed by atoms with van der Waals surface area (Å²) in [5, 5.41) is 0. The maximum absolute atomic E-state index is 5.40. The maximum atomic E-state index is 5.40. The summed E-state index contributed by atoms with van der Waals surface area (Å²) in [7, 11) is 0. The Morgan fingerprint density at radius 2 is 0.810 bits per heavy atom. The number of H-pyrrole nitrogens is 2. The second-order valence-electron chi connectivity index (χ2n) is 11.7. The molecular weight excluding hydrogens is 512 g/mol. The molecule has 42 heavy (non-hydrogen) atoms. The SMILES string of the molecule is CCC1=C(CC)c2nc1cc1[nH]c(c(CC)c1CC)c(C)c1[nH]c(cc3nc(c2C)C(CC)=C3CC)c(CC)c1CC. The molecule has 2 aliphatic heterocycles. The number of fused-ring (bicyclic) bond motifs is 8. The van der Waals surface area contributed by atoms with Gasteiger partial charge in [-0.05, 0) is 127 Å². The molecule has 0 saturated carbocycles. The first-order chi connectivity index (χ1) is 20.3. The van der Waals surface area contributed by atoms with E-state index in [-0.39, 0.29) is 0 Å². The summed E-state index contributed by atoms with van der Waals surface area (Å²) < 4.78 is 0. The van der Waals surface area contributed by atoms with Crippen molar-refractivity contribution in [3.8, 4) is 0 Å². The molecule has 8 bridgehead atoms. The van der Waals surface area contributed by atoms with E-state index in [2.05, 4.69) is 91.3 Å². The predicted octanol–water partition coefficient (Wildman–Crippen LogP) is 10.6. The number of aromatic nitrogens is 4. The van der Waals surface area contributed by atoms with Crippen LogP contribution in [0.5, 0.6) is 0 Å². The highest BCUT2D eigenvalue weighted by Gasteiger charge is 2.25. The van der Waals surface area contributed by atoms with Crippen LogP contribution in [0, 0.1) is 13.8 Å². The molecule has 0 aliphatic carbocycles. The van der Waals surface area contributed by atoms with Gasteiger partial charge < -0.3 is 9.97 Å². The van der Waals surface area contributed by atoms with Gasteiger partial charge in [0, 0.05) is 27.6 Å². The van der Waals surface area contributed by atoms with E-state index in [9.17, 15) is 0 Å². The van der Waals surface area contributed by atoms with Gasteiger partial charge in [0.25, 0.3) is 0 Å². The highest BCUT2D eigenvalue weighted by molar-refractivity contribution is 5.98. The highest BCUT2D eigenvalue weighted by Crippen LogP contribution is 2.41.